The number of ether oxygens (including phenoxy) is 1. The quantitative estimate of drug-likeness (QED) is 0.837. The number of nitrogens with one attached hydrogen (secondary N) is 2. The van der Waals surface area contributed by atoms with Crippen LogP contribution in [0.25, 0.3) is 5.69 Å². The highest BCUT2D eigenvalue weighted by molar-refractivity contribution is 6.32. The van der Waals surface area contributed by atoms with Crippen LogP contribution in [0.3, 0.4) is 0 Å². The highest BCUT2D eigenvalue weighted by atomic mass is 35.5. The molecule has 1 aliphatic carbocycles. The van der Waals surface area contributed by atoms with E-state index in [4.69, 9.17) is 16.3 Å². The maximum atomic E-state index is 12.3. The van der Waals surface area contributed by atoms with E-state index in [1.165, 1.54) is 0 Å². The lowest BCUT2D eigenvalue weighted by molar-refractivity contribution is -0.117. The Bertz CT molecular complexity index is 770. The Morgan fingerprint density at radius 2 is 2.32 bits per heavy atom. The zero-order valence-electron chi connectivity index (χ0n) is 13.6. The predicted molar refractivity (Wildman–Crippen MR) is 92.0 cm³/mol. The second-order valence-corrected chi connectivity index (χ2v) is 6.77. The van der Waals surface area contributed by atoms with Gasteiger partial charge < -0.3 is 15.4 Å². The van der Waals surface area contributed by atoms with Gasteiger partial charge in [-0.05, 0) is 41.5 Å². The molecule has 1 saturated carbocycles. The summed E-state index contributed by atoms with van der Waals surface area (Å²) in [6, 6.07) is 5.36. The van der Waals surface area contributed by atoms with Crippen molar-refractivity contribution in [1.29, 1.82) is 0 Å². The summed E-state index contributed by atoms with van der Waals surface area (Å²) in [6.45, 7) is 2.01. The Labute approximate surface area is 149 Å². The molecule has 2 N–H and O–H groups in total. The molecule has 8 nitrogen and oxygen atoms in total. The van der Waals surface area contributed by atoms with Gasteiger partial charge in [0, 0.05) is 30.6 Å². The first kappa shape index (κ1) is 16.4. The van der Waals surface area contributed by atoms with Crippen molar-refractivity contribution < 1.29 is 9.53 Å². The van der Waals surface area contributed by atoms with Gasteiger partial charge in [-0.1, -0.05) is 11.6 Å². The third-order valence-corrected chi connectivity index (χ3v) is 4.64. The van der Waals surface area contributed by atoms with Gasteiger partial charge in [-0.25, -0.2) is 0 Å². The summed E-state index contributed by atoms with van der Waals surface area (Å²) in [5.41, 5.74) is 1.34. The van der Waals surface area contributed by atoms with E-state index in [0.29, 0.717) is 41.9 Å². The number of carbonyl (C=O) groups excluding carboxylic acids is 1. The SMILES string of the molecule is O=C(CC1COCCN1)Nc1ccc(Cl)c(-n2nnnc2C2CC2)c1. The summed E-state index contributed by atoms with van der Waals surface area (Å²) >= 11 is 6.32. The normalized spacial score (nSPS) is 20.4. The molecule has 1 aliphatic heterocycles. The molecule has 1 unspecified atom stereocenters. The fraction of sp³-hybridized carbons (Fsp3) is 0.500. The van der Waals surface area contributed by atoms with Crippen LogP contribution in [0.5, 0.6) is 0 Å². The second kappa shape index (κ2) is 7.07. The molecule has 1 aromatic carbocycles. The molecule has 25 heavy (non-hydrogen) atoms. The topological polar surface area (TPSA) is 94.0 Å². The van der Waals surface area contributed by atoms with Crippen molar-refractivity contribution in [2.24, 2.45) is 0 Å². The number of nitrogens with zero attached hydrogens (tertiary/aromatic N) is 4. The zero-order chi connectivity index (χ0) is 17.2. The zero-order valence-corrected chi connectivity index (χ0v) is 14.4. The lowest BCUT2D eigenvalue weighted by Gasteiger charge is -2.23. The molecule has 2 heterocycles. The maximum Gasteiger partial charge on any atom is 0.226 e. The number of rotatable bonds is 5. The molecule has 2 fully saturated rings. The van der Waals surface area contributed by atoms with Crippen molar-refractivity contribution in [3.8, 4) is 5.69 Å². The molecule has 0 bridgehead atoms. The summed E-state index contributed by atoms with van der Waals surface area (Å²) in [5, 5.41) is 18.6. The maximum absolute atomic E-state index is 12.3. The van der Waals surface area contributed by atoms with Crippen molar-refractivity contribution in [3.63, 3.8) is 0 Å². The molecular formula is C16H19ClN6O2. The van der Waals surface area contributed by atoms with Gasteiger partial charge >= 0.3 is 0 Å². The first-order chi connectivity index (χ1) is 12.2. The fourth-order valence-corrected chi connectivity index (χ4v) is 3.10. The molecule has 1 saturated heterocycles. The Hall–Kier alpha value is -2.03. The van der Waals surface area contributed by atoms with Crippen LogP contribution in [0.2, 0.25) is 5.02 Å². The van der Waals surface area contributed by atoms with Crippen LogP contribution in [0, 0.1) is 0 Å². The molecule has 1 atom stereocenters. The molecular weight excluding hydrogens is 344 g/mol. The van der Waals surface area contributed by atoms with Gasteiger partial charge in [0.1, 0.15) is 0 Å². The van der Waals surface area contributed by atoms with Gasteiger partial charge in [0.15, 0.2) is 5.82 Å². The summed E-state index contributed by atoms with van der Waals surface area (Å²) in [5.74, 6) is 1.13. The van der Waals surface area contributed by atoms with E-state index >= 15 is 0 Å². The monoisotopic (exact) mass is 362 g/mol. The van der Waals surface area contributed by atoms with Gasteiger partial charge in [-0.3, -0.25) is 4.79 Å². The number of hydrogen-bond acceptors (Lipinski definition) is 6. The highest BCUT2D eigenvalue weighted by Gasteiger charge is 2.30. The lowest BCUT2D eigenvalue weighted by Crippen LogP contribution is -2.43. The Morgan fingerprint density at radius 1 is 1.44 bits per heavy atom. The van der Waals surface area contributed by atoms with Gasteiger partial charge in [0.2, 0.25) is 5.91 Å². The van der Waals surface area contributed by atoms with Gasteiger partial charge in [0.05, 0.1) is 23.9 Å². The van der Waals surface area contributed by atoms with Crippen LogP contribution in [-0.2, 0) is 9.53 Å². The highest BCUT2D eigenvalue weighted by Crippen LogP contribution is 2.39. The van der Waals surface area contributed by atoms with E-state index in [1.807, 2.05) is 0 Å². The first-order valence-electron chi connectivity index (χ1n) is 8.40. The summed E-state index contributed by atoms with van der Waals surface area (Å²) in [4.78, 5) is 12.3. The molecule has 1 amide bonds. The van der Waals surface area contributed by atoms with Crippen molar-refractivity contribution in [2.45, 2.75) is 31.2 Å². The molecule has 132 valence electrons. The molecule has 9 heteroatoms. The fourth-order valence-electron chi connectivity index (χ4n) is 2.90. The lowest BCUT2D eigenvalue weighted by atomic mass is 10.2. The number of morpholine rings is 1. The molecule has 2 aromatic rings. The van der Waals surface area contributed by atoms with Crippen LogP contribution in [0.1, 0.15) is 31.0 Å². The Kier molecular flexibility index (Phi) is 4.65. The van der Waals surface area contributed by atoms with Crippen LogP contribution in [0.4, 0.5) is 5.69 Å². The summed E-state index contributed by atoms with van der Waals surface area (Å²) < 4.78 is 7.03. The van der Waals surface area contributed by atoms with Crippen molar-refractivity contribution in [1.82, 2.24) is 25.5 Å². The van der Waals surface area contributed by atoms with E-state index in [2.05, 4.69) is 26.2 Å². The molecule has 2 aliphatic rings. The van der Waals surface area contributed by atoms with Crippen LogP contribution < -0.4 is 10.6 Å². The third kappa shape index (κ3) is 3.81. The van der Waals surface area contributed by atoms with E-state index in [0.717, 1.165) is 25.2 Å². The second-order valence-electron chi connectivity index (χ2n) is 6.37. The number of anilines is 1. The number of amides is 1. The molecule has 4 rings (SSSR count). The van der Waals surface area contributed by atoms with E-state index < -0.39 is 0 Å². The van der Waals surface area contributed by atoms with Crippen molar-refractivity contribution in [3.05, 3.63) is 29.0 Å². The largest absolute Gasteiger partial charge is 0.378 e. The van der Waals surface area contributed by atoms with Crippen LogP contribution >= 0.6 is 11.6 Å². The first-order valence-corrected chi connectivity index (χ1v) is 8.77. The Morgan fingerprint density at radius 3 is 3.08 bits per heavy atom. The number of halogens is 1. The van der Waals surface area contributed by atoms with E-state index in [1.54, 1.807) is 22.9 Å². The standard InChI is InChI=1S/C16H19ClN6O2/c17-13-4-3-11(19-15(24)8-12-9-25-6-5-18-12)7-14(13)23-16(10-1-2-10)20-21-22-23/h3-4,7,10,12,18H,1-2,5-6,8-9H2,(H,19,24). The van der Waals surface area contributed by atoms with Gasteiger partial charge in [-0.2, -0.15) is 4.68 Å². The van der Waals surface area contributed by atoms with Gasteiger partial charge in [-0.15, -0.1) is 5.10 Å². The van der Waals surface area contributed by atoms with Crippen LogP contribution in [0.15, 0.2) is 18.2 Å². The average molecular weight is 363 g/mol. The molecule has 0 radical (unpaired) electrons. The minimum atomic E-state index is -0.0737. The number of benzene rings is 1. The predicted octanol–water partition coefficient (Wildman–Crippen LogP) is 1.51. The summed E-state index contributed by atoms with van der Waals surface area (Å²) in [7, 11) is 0. The van der Waals surface area contributed by atoms with Gasteiger partial charge in [0.25, 0.3) is 0 Å². The summed E-state index contributed by atoms with van der Waals surface area (Å²) in [6.07, 6.45) is 2.53. The molecule has 0 spiro atoms. The number of hydrogen-bond donors (Lipinski definition) is 2. The Balaban J connectivity index is 1.49. The minimum absolute atomic E-state index is 0.0431. The van der Waals surface area contributed by atoms with E-state index in [9.17, 15) is 4.79 Å². The smallest absolute Gasteiger partial charge is 0.226 e. The van der Waals surface area contributed by atoms with Crippen molar-refractivity contribution in [2.75, 3.05) is 25.1 Å². The third-order valence-electron chi connectivity index (χ3n) is 4.32. The van der Waals surface area contributed by atoms with E-state index in [-0.39, 0.29) is 11.9 Å². The number of carbonyl (C=O) groups is 1. The van der Waals surface area contributed by atoms with Crippen molar-refractivity contribution >= 4 is 23.2 Å². The minimum Gasteiger partial charge on any atom is -0.378 e. The molecule has 1 aromatic heterocycles. The average Bonchev–Trinajstić information content (AvgIpc) is 3.34. The number of aromatic nitrogens is 4. The number of tetrazole rings is 1. The van der Waals surface area contributed by atoms with Crippen LogP contribution in [-0.4, -0.2) is 51.9 Å².